The predicted molar refractivity (Wildman–Crippen MR) is 113 cm³/mol. The van der Waals surface area contributed by atoms with E-state index in [0.717, 1.165) is 45.4 Å². The minimum absolute atomic E-state index is 0.0192. The van der Waals surface area contributed by atoms with Crippen LogP contribution in [0.25, 0.3) is 5.69 Å². The third-order valence-electron chi connectivity index (χ3n) is 5.36. The number of anilines is 1. The van der Waals surface area contributed by atoms with Crippen molar-refractivity contribution in [1.29, 1.82) is 0 Å². The maximum absolute atomic E-state index is 12.8. The summed E-state index contributed by atoms with van der Waals surface area (Å²) in [5, 5.41) is 7.67. The second kappa shape index (κ2) is 6.84. The Bertz CT molecular complexity index is 1120. The number of hydrogen-bond donors (Lipinski definition) is 1. The summed E-state index contributed by atoms with van der Waals surface area (Å²) in [5.74, 6) is 2.21. The molecule has 148 valence electrons. The molecular weight excluding hydrogens is 386 g/mol. The molecule has 2 atom stereocenters. The zero-order valence-electron chi connectivity index (χ0n) is 16.4. The van der Waals surface area contributed by atoms with Crippen LogP contribution >= 0.6 is 11.8 Å². The van der Waals surface area contributed by atoms with Crippen LogP contribution in [0.3, 0.4) is 0 Å². The van der Waals surface area contributed by atoms with Gasteiger partial charge in [0, 0.05) is 5.56 Å². The fourth-order valence-corrected chi connectivity index (χ4v) is 5.14. The van der Waals surface area contributed by atoms with Gasteiger partial charge < -0.3 is 14.8 Å². The van der Waals surface area contributed by atoms with Crippen molar-refractivity contribution in [2.45, 2.75) is 31.3 Å². The average molecular weight is 407 g/mol. The number of thioether (sulfide) groups is 1. The highest BCUT2D eigenvalue weighted by molar-refractivity contribution is 8.01. The first kappa shape index (κ1) is 18.1. The molecule has 5 rings (SSSR count). The van der Waals surface area contributed by atoms with E-state index in [9.17, 15) is 4.79 Å². The van der Waals surface area contributed by atoms with Crippen LogP contribution in [0.5, 0.6) is 11.5 Å². The number of carbonyl (C=O) groups is 1. The van der Waals surface area contributed by atoms with E-state index in [1.807, 2.05) is 67.9 Å². The number of nitrogens with one attached hydrogen (secondary N) is 1. The van der Waals surface area contributed by atoms with Crippen molar-refractivity contribution in [3.05, 3.63) is 64.8 Å². The Hall–Kier alpha value is -2.93. The van der Waals surface area contributed by atoms with E-state index in [0.29, 0.717) is 0 Å². The Morgan fingerprint density at radius 2 is 1.93 bits per heavy atom. The lowest BCUT2D eigenvalue weighted by atomic mass is 10.0. The standard InChI is InChI=1S/C22H21N3O3S/c1-12-6-4-5-7-16(12)25-21-19(13(2)24-25)20(29-14(3)22(26)23-21)15-8-9-17-18(10-15)28-11-27-17/h4-10,14,20H,11H2,1-3H3,(H,23,26). The van der Waals surface area contributed by atoms with Gasteiger partial charge in [-0.15, -0.1) is 11.8 Å². The van der Waals surface area contributed by atoms with Crippen molar-refractivity contribution in [2.75, 3.05) is 12.1 Å². The summed E-state index contributed by atoms with van der Waals surface area (Å²) in [6.07, 6.45) is 0. The lowest BCUT2D eigenvalue weighted by Crippen LogP contribution is -2.22. The number of ether oxygens (including phenoxy) is 2. The summed E-state index contributed by atoms with van der Waals surface area (Å²) in [6, 6.07) is 14.0. The molecule has 7 heteroatoms. The fourth-order valence-electron chi connectivity index (χ4n) is 3.82. The first-order valence-electron chi connectivity index (χ1n) is 9.54. The number of para-hydroxylation sites is 1. The van der Waals surface area contributed by atoms with E-state index in [2.05, 4.69) is 5.32 Å². The molecule has 0 aliphatic carbocycles. The molecule has 1 N–H and O–H groups in total. The second-order valence-corrected chi connectivity index (χ2v) is 8.76. The van der Waals surface area contributed by atoms with Crippen LogP contribution in [0.15, 0.2) is 42.5 Å². The third-order valence-corrected chi connectivity index (χ3v) is 6.77. The first-order chi connectivity index (χ1) is 14.0. The van der Waals surface area contributed by atoms with Gasteiger partial charge in [0.25, 0.3) is 0 Å². The predicted octanol–water partition coefficient (Wildman–Crippen LogP) is 4.38. The number of aromatic nitrogens is 2. The third kappa shape index (κ3) is 2.97. The normalized spacial score (nSPS) is 20.2. The molecule has 0 spiro atoms. The summed E-state index contributed by atoms with van der Waals surface area (Å²) >= 11 is 1.62. The highest BCUT2D eigenvalue weighted by atomic mass is 32.2. The molecule has 3 heterocycles. The zero-order valence-corrected chi connectivity index (χ0v) is 17.2. The molecule has 6 nitrogen and oxygen atoms in total. The van der Waals surface area contributed by atoms with Crippen LogP contribution in [-0.4, -0.2) is 27.7 Å². The topological polar surface area (TPSA) is 65.4 Å². The van der Waals surface area contributed by atoms with Crippen LogP contribution in [0.1, 0.15) is 34.6 Å². The van der Waals surface area contributed by atoms with Crippen LogP contribution in [0, 0.1) is 13.8 Å². The van der Waals surface area contributed by atoms with Gasteiger partial charge in [-0.2, -0.15) is 5.10 Å². The van der Waals surface area contributed by atoms with E-state index in [-0.39, 0.29) is 23.2 Å². The van der Waals surface area contributed by atoms with E-state index in [1.165, 1.54) is 0 Å². The lowest BCUT2D eigenvalue weighted by molar-refractivity contribution is -0.115. The van der Waals surface area contributed by atoms with E-state index < -0.39 is 0 Å². The summed E-state index contributed by atoms with van der Waals surface area (Å²) in [5.41, 5.74) is 5.04. The smallest absolute Gasteiger partial charge is 0.238 e. The molecule has 2 aliphatic heterocycles. The Balaban J connectivity index is 1.69. The van der Waals surface area contributed by atoms with E-state index >= 15 is 0 Å². The Morgan fingerprint density at radius 3 is 2.76 bits per heavy atom. The van der Waals surface area contributed by atoms with Crippen LogP contribution in [0.2, 0.25) is 0 Å². The van der Waals surface area contributed by atoms with Gasteiger partial charge in [0.05, 0.1) is 21.9 Å². The van der Waals surface area contributed by atoms with Crippen molar-refractivity contribution in [1.82, 2.24) is 9.78 Å². The highest BCUT2D eigenvalue weighted by Gasteiger charge is 2.34. The van der Waals surface area contributed by atoms with Gasteiger partial charge in [-0.1, -0.05) is 24.3 Å². The molecule has 0 saturated carbocycles. The molecule has 29 heavy (non-hydrogen) atoms. The molecule has 0 fully saturated rings. The quantitative estimate of drug-likeness (QED) is 0.683. The molecule has 1 aromatic heterocycles. The molecule has 2 aliphatic rings. The first-order valence-corrected chi connectivity index (χ1v) is 10.5. The number of carbonyl (C=O) groups excluding carboxylic acids is 1. The lowest BCUT2D eigenvalue weighted by Gasteiger charge is -2.18. The second-order valence-electron chi connectivity index (χ2n) is 7.31. The number of amides is 1. The highest BCUT2D eigenvalue weighted by Crippen LogP contribution is 2.48. The van der Waals surface area contributed by atoms with Gasteiger partial charge in [0.15, 0.2) is 11.5 Å². The minimum Gasteiger partial charge on any atom is -0.454 e. The number of rotatable bonds is 2. The van der Waals surface area contributed by atoms with E-state index in [4.69, 9.17) is 14.6 Å². The van der Waals surface area contributed by atoms with Crippen molar-refractivity contribution in [3.63, 3.8) is 0 Å². The summed E-state index contributed by atoms with van der Waals surface area (Å²) in [4.78, 5) is 12.8. The van der Waals surface area contributed by atoms with Crippen molar-refractivity contribution in [2.24, 2.45) is 0 Å². The molecule has 2 unspecified atom stereocenters. The van der Waals surface area contributed by atoms with Crippen molar-refractivity contribution >= 4 is 23.5 Å². The Labute approximate surface area is 173 Å². The van der Waals surface area contributed by atoms with Gasteiger partial charge in [-0.25, -0.2) is 4.68 Å². The number of fused-ring (bicyclic) bond motifs is 2. The minimum atomic E-state index is -0.206. The van der Waals surface area contributed by atoms with Gasteiger partial charge in [-0.05, 0) is 50.1 Å². The summed E-state index contributed by atoms with van der Waals surface area (Å²) < 4.78 is 12.9. The van der Waals surface area contributed by atoms with Crippen LogP contribution in [0.4, 0.5) is 5.82 Å². The molecule has 0 radical (unpaired) electrons. The largest absolute Gasteiger partial charge is 0.454 e. The number of hydrogen-bond acceptors (Lipinski definition) is 5. The average Bonchev–Trinajstić information content (AvgIpc) is 3.27. The molecule has 0 bridgehead atoms. The Kier molecular flexibility index (Phi) is 4.28. The van der Waals surface area contributed by atoms with Crippen LogP contribution < -0.4 is 14.8 Å². The van der Waals surface area contributed by atoms with Crippen LogP contribution in [-0.2, 0) is 4.79 Å². The molecule has 2 aromatic carbocycles. The van der Waals surface area contributed by atoms with Gasteiger partial charge in [0.1, 0.15) is 5.82 Å². The number of nitrogens with zero attached hydrogens (tertiary/aromatic N) is 2. The fraction of sp³-hybridized carbons (Fsp3) is 0.273. The number of benzene rings is 2. The zero-order chi connectivity index (χ0) is 20.1. The maximum atomic E-state index is 12.8. The van der Waals surface area contributed by atoms with Gasteiger partial charge >= 0.3 is 0 Å². The molecular formula is C22H21N3O3S. The summed E-state index contributed by atoms with van der Waals surface area (Å²) in [6.45, 7) is 6.22. The molecule has 3 aromatic rings. The van der Waals surface area contributed by atoms with Crippen molar-refractivity contribution < 1.29 is 14.3 Å². The van der Waals surface area contributed by atoms with E-state index in [1.54, 1.807) is 11.8 Å². The summed E-state index contributed by atoms with van der Waals surface area (Å²) in [7, 11) is 0. The van der Waals surface area contributed by atoms with Crippen molar-refractivity contribution in [3.8, 4) is 17.2 Å². The number of aryl methyl sites for hydroxylation is 2. The molecule has 1 amide bonds. The monoisotopic (exact) mass is 407 g/mol. The SMILES string of the molecule is Cc1ccccc1-n1nc(C)c2c1NC(=O)C(C)SC2c1ccc2c(c1)OCO2. The molecule has 0 saturated heterocycles. The van der Waals surface area contributed by atoms with Gasteiger partial charge in [0.2, 0.25) is 12.7 Å². The maximum Gasteiger partial charge on any atom is 0.238 e. The Morgan fingerprint density at radius 1 is 1.14 bits per heavy atom. The van der Waals surface area contributed by atoms with Gasteiger partial charge in [-0.3, -0.25) is 4.79 Å².